The highest BCUT2D eigenvalue weighted by atomic mass is 32.2. The molecule has 0 aromatic heterocycles. The smallest absolute Gasteiger partial charge is 0.0503 e. The van der Waals surface area contributed by atoms with E-state index in [1.807, 2.05) is 11.8 Å². The molecule has 1 N–H and O–H groups in total. The van der Waals surface area contributed by atoms with Gasteiger partial charge < -0.3 is 5.32 Å². The lowest BCUT2D eigenvalue weighted by molar-refractivity contribution is 0.658. The molecule has 0 saturated carbocycles. The third-order valence-corrected chi connectivity index (χ3v) is 2.56. The topological polar surface area (TPSA) is 12.0 Å². The van der Waals surface area contributed by atoms with Crippen molar-refractivity contribution in [1.29, 1.82) is 0 Å². The highest BCUT2D eigenvalue weighted by molar-refractivity contribution is 7.99. The van der Waals surface area contributed by atoms with Crippen LogP contribution in [0.25, 0.3) is 0 Å². The van der Waals surface area contributed by atoms with Gasteiger partial charge in [-0.2, -0.15) is 0 Å². The van der Waals surface area contributed by atoms with Crippen molar-refractivity contribution in [3.63, 3.8) is 0 Å². The molecule has 0 radical (unpaired) electrons. The van der Waals surface area contributed by atoms with Crippen LogP contribution in [-0.4, -0.2) is 17.7 Å². The molecular weight excluding hydrogens is 118 g/mol. The maximum atomic E-state index is 3.41. The summed E-state index contributed by atoms with van der Waals surface area (Å²) in [5.41, 5.74) is 0. The maximum absolute atomic E-state index is 3.41. The zero-order chi connectivity index (χ0) is 5.82. The van der Waals surface area contributed by atoms with Gasteiger partial charge in [0.15, 0.2) is 0 Å². The SMILES string of the molecule is C[C@H]1NCCCCS1. The van der Waals surface area contributed by atoms with Crippen molar-refractivity contribution in [2.75, 3.05) is 12.3 Å². The molecule has 1 atom stereocenters. The van der Waals surface area contributed by atoms with Crippen LogP contribution in [0, 0.1) is 0 Å². The van der Waals surface area contributed by atoms with Crippen molar-refractivity contribution in [3.05, 3.63) is 0 Å². The van der Waals surface area contributed by atoms with Gasteiger partial charge in [-0.25, -0.2) is 0 Å². The molecule has 8 heavy (non-hydrogen) atoms. The van der Waals surface area contributed by atoms with Crippen LogP contribution in [0.1, 0.15) is 19.8 Å². The standard InChI is InChI=1S/C6H13NS/c1-6-7-4-2-3-5-8-6/h6-7H,2-5H2,1H3/t6-/m0/s1. The summed E-state index contributed by atoms with van der Waals surface area (Å²) in [5, 5.41) is 4.10. The van der Waals surface area contributed by atoms with E-state index < -0.39 is 0 Å². The lowest BCUT2D eigenvalue weighted by Crippen LogP contribution is -2.21. The van der Waals surface area contributed by atoms with Crippen LogP contribution in [0.3, 0.4) is 0 Å². The van der Waals surface area contributed by atoms with Crippen LogP contribution in [0.2, 0.25) is 0 Å². The van der Waals surface area contributed by atoms with E-state index in [-0.39, 0.29) is 0 Å². The van der Waals surface area contributed by atoms with Gasteiger partial charge in [-0.3, -0.25) is 0 Å². The molecule has 1 aliphatic heterocycles. The lowest BCUT2D eigenvalue weighted by atomic mass is 10.3. The fourth-order valence-electron chi connectivity index (χ4n) is 0.851. The molecule has 48 valence electrons. The molecule has 0 aromatic rings. The second-order valence-electron chi connectivity index (χ2n) is 2.17. The van der Waals surface area contributed by atoms with E-state index in [0.29, 0.717) is 5.37 Å². The second-order valence-corrected chi connectivity index (χ2v) is 3.62. The van der Waals surface area contributed by atoms with Crippen molar-refractivity contribution in [2.24, 2.45) is 0 Å². The van der Waals surface area contributed by atoms with Gasteiger partial charge in [0.2, 0.25) is 0 Å². The van der Waals surface area contributed by atoms with Gasteiger partial charge in [-0.15, -0.1) is 11.8 Å². The molecule has 1 fully saturated rings. The van der Waals surface area contributed by atoms with Crippen molar-refractivity contribution in [1.82, 2.24) is 5.32 Å². The average Bonchev–Trinajstić information content (AvgIpc) is 1.94. The first-order valence-corrected chi connectivity index (χ1v) is 4.29. The fourth-order valence-corrected chi connectivity index (χ4v) is 1.81. The minimum atomic E-state index is 0.692. The maximum Gasteiger partial charge on any atom is 0.0503 e. The van der Waals surface area contributed by atoms with E-state index in [1.54, 1.807) is 0 Å². The minimum absolute atomic E-state index is 0.692. The molecular formula is C6H13NS. The molecule has 0 spiro atoms. The van der Waals surface area contributed by atoms with Crippen LogP contribution in [0.5, 0.6) is 0 Å². The third kappa shape index (κ3) is 2.05. The van der Waals surface area contributed by atoms with Gasteiger partial charge in [0.05, 0.1) is 5.37 Å². The number of hydrogen-bond donors (Lipinski definition) is 1. The number of thioether (sulfide) groups is 1. The molecule has 1 heterocycles. The quantitative estimate of drug-likeness (QED) is 0.534. The van der Waals surface area contributed by atoms with Crippen LogP contribution in [-0.2, 0) is 0 Å². The molecule has 0 aromatic carbocycles. The Kier molecular flexibility index (Phi) is 2.70. The van der Waals surface area contributed by atoms with Crippen molar-refractivity contribution in [2.45, 2.75) is 25.1 Å². The largest absolute Gasteiger partial charge is 0.306 e. The van der Waals surface area contributed by atoms with E-state index in [1.165, 1.54) is 25.1 Å². The average molecular weight is 131 g/mol. The Morgan fingerprint density at radius 1 is 1.50 bits per heavy atom. The first-order valence-electron chi connectivity index (χ1n) is 3.24. The summed E-state index contributed by atoms with van der Waals surface area (Å²) < 4.78 is 0. The summed E-state index contributed by atoms with van der Waals surface area (Å²) in [6, 6.07) is 0. The summed E-state index contributed by atoms with van der Waals surface area (Å²) in [6.07, 6.45) is 2.75. The first kappa shape index (κ1) is 6.43. The summed E-state index contributed by atoms with van der Waals surface area (Å²) in [6.45, 7) is 3.45. The zero-order valence-electron chi connectivity index (χ0n) is 5.31. The predicted molar refractivity (Wildman–Crippen MR) is 39.2 cm³/mol. The van der Waals surface area contributed by atoms with E-state index >= 15 is 0 Å². The van der Waals surface area contributed by atoms with Gasteiger partial charge >= 0.3 is 0 Å². The van der Waals surface area contributed by atoms with Crippen LogP contribution in [0.4, 0.5) is 0 Å². The minimum Gasteiger partial charge on any atom is -0.306 e. The summed E-state index contributed by atoms with van der Waals surface area (Å²) >= 11 is 2.03. The Balaban J connectivity index is 2.17. The van der Waals surface area contributed by atoms with E-state index in [2.05, 4.69) is 12.2 Å². The molecule has 1 aliphatic rings. The van der Waals surface area contributed by atoms with Crippen LogP contribution in [0.15, 0.2) is 0 Å². The van der Waals surface area contributed by atoms with Crippen molar-refractivity contribution < 1.29 is 0 Å². The molecule has 1 nitrogen and oxygen atoms in total. The summed E-state index contributed by atoms with van der Waals surface area (Å²) in [4.78, 5) is 0. The summed E-state index contributed by atoms with van der Waals surface area (Å²) in [5.74, 6) is 1.34. The van der Waals surface area contributed by atoms with Gasteiger partial charge in [-0.05, 0) is 32.1 Å². The molecule has 1 rings (SSSR count). The Morgan fingerprint density at radius 3 is 3.25 bits per heavy atom. The highest BCUT2D eigenvalue weighted by Gasteiger charge is 2.03. The second kappa shape index (κ2) is 3.36. The van der Waals surface area contributed by atoms with Crippen molar-refractivity contribution in [3.8, 4) is 0 Å². The summed E-state index contributed by atoms with van der Waals surface area (Å²) in [7, 11) is 0. The number of nitrogens with one attached hydrogen (secondary N) is 1. The molecule has 0 aliphatic carbocycles. The van der Waals surface area contributed by atoms with Crippen LogP contribution < -0.4 is 5.32 Å². The van der Waals surface area contributed by atoms with Gasteiger partial charge in [-0.1, -0.05) is 0 Å². The van der Waals surface area contributed by atoms with E-state index in [9.17, 15) is 0 Å². The Labute approximate surface area is 55.2 Å². The molecule has 1 saturated heterocycles. The molecule has 0 amide bonds. The normalized spacial score (nSPS) is 31.9. The Bertz CT molecular complexity index is 57.5. The van der Waals surface area contributed by atoms with Gasteiger partial charge in [0.1, 0.15) is 0 Å². The first-order chi connectivity index (χ1) is 3.89. The Morgan fingerprint density at radius 2 is 2.38 bits per heavy atom. The predicted octanol–water partition coefficient (Wildman–Crippen LogP) is 1.45. The lowest BCUT2D eigenvalue weighted by Gasteiger charge is -2.05. The van der Waals surface area contributed by atoms with Gasteiger partial charge in [0, 0.05) is 0 Å². The van der Waals surface area contributed by atoms with Crippen LogP contribution >= 0.6 is 11.8 Å². The van der Waals surface area contributed by atoms with Crippen molar-refractivity contribution >= 4 is 11.8 Å². The van der Waals surface area contributed by atoms with E-state index in [0.717, 1.165) is 0 Å². The van der Waals surface area contributed by atoms with Gasteiger partial charge in [0.25, 0.3) is 0 Å². The third-order valence-electron chi connectivity index (χ3n) is 1.37. The number of hydrogen-bond acceptors (Lipinski definition) is 2. The monoisotopic (exact) mass is 131 g/mol. The van der Waals surface area contributed by atoms with E-state index in [4.69, 9.17) is 0 Å². The molecule has 0 bridgehead atoms. The number of rotatable bonds is 0. The Hall–Kier alpha value is 0.310. The molecule has 2 heteroatoms. The highest BCUT2D eigenvalue weighted by Crippen LogP contribution is 2.12. The molecule has 0 unspecified atom stereocenters. The fraction of sp³-hybridized carbons (Fsp3) is 1.00. The zero-order valence-corrected chi connectivity index (χ0v) is 6.13.